The first kappa shape index (κ1) is 21.0. The molecule has 4 aromatic rings. The first-order chi connectivity index (χ1) is 14.0. The minimum absolute atomic E-state index is 0. The minimum Gasteiger partial charge on any atom is -0.348 e. The zero-order valence-electron chi connectivity index (χ0n) is 17.1. The predicted octanol–water partition coefficient (Wildman–Crippen LogP) is 4.45. The first-order valence-electron chi connectivity index (χ1n) is 9.87. The van der Waals surface area contributed by atoms with Gasteiger partial charge in [0, 0.05) is 24.7 Å². The van der Waals surface area contributed by atoms with Crippen LogP contribution < -0.4 is 10.2 Å². The second-order valence-corrected chi connectivity index (χ2v) is 8.86. The Balaban J connectivity index is 0.00000218. The van der Waals surface area contributed by atoms with E-state index in [4.69, 9.17) is 0 Å². The van der Waals surface area contributed by atoms with Crippen LogP contribution in [0.5, 0.6) is 0 Å². The van der Waals surface area contributed by atoms with E-state index in [1.807, 2.05) is 31.3 Å². The van der Waals surface area contributed by atoms with Crippen LogP contribution in [0.15, 0.2) is 30.5 Å². The standard InChI is InChI=1S/C21H23FN6S.ClH/c1-12-8-15(6-7-23-12)27(3)21-25-20-16(22)9-14(10-18(20)29-21)17-4-5-19-24-13(2)11-28(19)26-17;/h4-5,9-12,15,23H,6-8H2,1-3H3;1H/t12-,15+;/m0./s1. The van der Waals surface area contributed by atoms with Crippen LogP contribution in [0.1, 0.15) is 25.5 Å². The number of hydrogen-bond acceptors (Lipinski definition) is 6. The summed E-state index contributed by atoms with van der Waals surface area (Å²) in [5.41, 5.74) is 3.58. The molecule has 0 saturated carbocycles. The molecule has 1 fully saturated rings. The number of rotatable bonds is 3. The Kier molecular flexibility index (Phi) is 5.65. The maximum atomic E-state index is 14.9. The Bertz CT molecular complexity index is 1210. The van der Waals surface area contributed by atoms with Crippen LogP contribution in [0.4, 0.5) is 9.52 Å². The SMILES string of the molecule is Cc1cn2nc(-c3cc(F)c4nc(N(C)[C@@H]5CCN[C@@H](C)C5)sc4c3)ccc2n1.Cl. The molecule has 5 rings (SSSR count). The van der Waals surface area contributed by atoms with Gasteiger partial charge in [0.25, 0.3) is 0 Å². The smallest absolute Gasteiger partial charge is 0.186 e. The number of fused-ring (bicyclic) bond motifs is 2. The fraction of sp³-hybridized carbons (Fsp3) is 0.381. The Morgan fingerprint density at radius 3 is 2.90 bits per heavy atom. The fourth-order valence-electron chi connectivity index (χ4n) is 4.04. The van der Waals surface area contributed by atoms with Gasteiger partial charge in [0.2, 0.25) is 0 Å². The highest BCUT2D eigenvalue weighted by atomic mass is 35.5. The van der Waals surface area contributed by atoms with Crippen molar-refractivity contribution in [2.45, 2.75) is 38.8 Å². The molecule has 0 amide bonds. The number of thiazole rings is 1. The normalized spacial score (nSPS) is 19.2. The summed E-state index contributed by atoms with van der Waals surface area (Å²) in [6.45, 7) is 5.13. The summed E-state index contributed by atoms with van der Waals surface area (Å²) in [5.74, 6) is -0.309. The van der Waals surface area contributed by atoms with Crippen LogP contribution >= 0.6 is 23.7 Å². The highest BCUT2D eigenvalue weighted by Gasteiger charge is 2.24. The second kappa shape index (κ2) is 8.09. The van der Waals surface area contributed by atoms with Gasteiger partial charge in [0.15, 0.2) is 16.6 Å². The summed E-state index contributed by atoms with van der Waals surface area (Å²) < 4.78 is 17.5. The molecule has 1 aromatic carbocycles. The van der Waals surface area contributed by atoms with E-state index >= 15 is 0 Å². The molecule has 0 bridgehead atoms. The number of benzene rings is 1. The monoisotopic (exact) mass is 446 g/mol. The average Bonchev–Trinajstić information content (AvgIpc) is 3.29. The van der Waals surface area contributed by atoms with E-state index < -0.39 is 0 Å². The lowest BCUT2D eigenvalue weighted by molar-refractivity contribution is 0.371. The predicted molar refractivity (Wildman–Crippen MR) is 122 cm³/mol. The first-order valence-corrected chi connectivity index (χ1v) is 10.7. The molecule has 0 aliphatic carbocycles. The number of aromatic nitrogens is 4. The van der Waals surface area contributed by atoms with Crippen molar-refractivity contribution in [3.05, 3.63) is 42.0 Å². The van der Waals surface area contributed by atoms with Crippen molar-refractivity contribution in [3.63, 3.8) is 0 Å². The number of hydrogen-bond donors (Lipinski definition) is 1. The molecule has 6 nitrogen and oxygen atoms in total. The molecule has 0 unspecified atom stereocenters. The maximum Gasteiger partial charge on any atom is 0.186 e. The minimum atomic E-state index is -0.309. The molecule has 4 heterocycles. The van der Waals surface area contributed by atoms with Crippen molar-refractivity contribution in [2.75, 3.05) is 18.5 Å². The lowest BCUT2D eigenvalue weighted by atomic mass is 10.00. The lowest BCUT2D eigenvalue weighted by Gasteiger charge is -2.34. The summed E-state index contributed by atoms with van der Waals surface area (Å²) in [5, 5.41) is 8.93. The third-order valence-corrected chi connectivity index (χ3v) is 6.71. The number of imidazole rings is 1. The van der Waals surface area contributed by atoms with E-state index in [2.05, 4.69) is 39.3 Å². The topological polar surface area (TPSA) is 58.4 Å². The quantitative estimate of drug-likeness (QED) is 0.503. The van der Waals surface area contributed by atoms with Crippen molar-refractivity contribution < 1.29 is 4.39 Å². The van der Waals surface area contributed by atoms with Crippen LogP contribution in [0.3, 0.4) is 0 Å². The van der Waals surface area contributed by atoms with Gasteiger partial charge in [-0.15, -0.1) is 12.4 Å². The van der Waals surface area contributed by atoms with Gasteiger partial charge in [-0.2, -0.15) is 5.10 Å². The molecule has 1 saturated heterocycles. The van der Waals surface area contributed by atoms with Crippen molar-refractivity contribution in [3.8, 4) is 11.3 Å². The summed E-state index contributed by atoms with van der Waals surface area (Å²) in [4.78, 5) is 11.2. The Labute approximate surface area is 184 Å². The zero-order chi connectivity index (χ0) is 20.1. The van der Waals surface area contributed by atoms with E-state index in [0.29, 0.717) is 23.3 Å². The largest absolute Gasteiger partial charge is 0.348 e. The van der Waals surface area contributed by atoms with Gasteiger partial charge >= 0.3 is 0 Å². The van der Waals surface area contributed by atoms with Crippen LogP contribution in [0.25, 0.3) is 27.1 Å². The maximum absolute atomic E-state index is 14.9. The third kappa shape index (κ3) is 3.75. The van der Waals surface area contributed by atoms with E-state index in [1.165, 1.54) is 17.4 Å². The Hall–Kier alpha value is -2.29. The fourth-order valence-corrected chi connectivity index (χ4v) is 5.10. The van der Waals surface area contributed by atoms with Crippen molar-refractivity contribution in [2.24, 2.45) is 0 Å². The van der Waals surface area contributed by atoms with Crippen LogP contribution in [-0.4, -0.2) is 45.3 Å². The molecule has 1 N–H and O–H groups in total. The van der Waals surface area contributed by atoms with Gasteiger partial charge in [0.05, 0.1) is 22.3 Å². The van der Waals surface area contributed by atoms with Crippen LogP contribution in [0, 0.1) is 12.7 Å². The molecule has 1 aliphatic rings. The zero-order valence-corrected chi connectivity index (χ0v) is 18.7. The van der Waals surface area contributed by atoms with Gasteiger partial charge in [-0.05, 0) is 57.5 Å². The third-order valence-electron chi connectivity index (χ3n) is 5.62. The number of nitrogens with zero attached hydrogens (tertiary/aromatic N) is 5. The number of halogens is 2. The summed E-state index contributed by atoms with van der Waals surface area (Å²) >= 11 is 1.54. The molecule has 2 atom stereocenters. The molecular formula is C21H24ClFN6S. The number of piperidine rings is 1. The number of aryl methyl sites for hydroxylation is 1. The number of anilines is 1. The summed E-state index contributed by atoms with van der Waals surface area (Å²) in [6, 6.07) is 8.20. The molecular weight excluding hydrogens is 423 g/mol. The van der Waals surface area contributed by atoms with Crippen molar-refractivity contribution >= 4 is 44.7 Å². The van der Waals surface area contributed by atoms with Crippen molar-refractivity contribution in [1.29, 1.82) is 0 Å². The van der Waals surface area contributed by atoms with Crippen LogP contribution in [0.2, 0.25) is 0 Å². The van der Waals surface area contributed by atoms with Gasteiger partial charge in [-0.25, -0.2) is 18.9 Å². The van der Waals surface area contributed by atoms with E-state index in [0.717, 1.165) is 46.1 Å². The summed E-state index contributed by atoms with van der Waals surface area (Å²) in [6.07, 6.45) is 4.00. The average molecular weight is 447 g/mol. The highest BCUT2D eigenvalue weighted by molar-refractivity contribution is 7.22. The second-order valence-electron chi connectivity index (χ2n) is 7.85. The van der Waals surface area contributed by atoms with E-state index in [-0.39, 0.29) is 18.2 Å². The van der Waals surface area contributed by atoms with Gasteiger partial charge in [-0.3, -0.25) is 0 Å². The van der Waals surface area contributed by atoms with Gasteiger partial charge < -0.3 is 10.2 Å². The summed E-state index contributed by atoms with van der Waals surface area (Å²) in [7, 11) is 2.07. The molecule has 0 radical (unpaired) electrons. The van der Waals surface area contributed by atoms with Gasteiger partial charge in [0.1, 0.15) is 5.52 Å². The van der Waals surface area contributed by atoms with E-state index in [1.54, 1.807) is 4.52 Å². The van der Waals surface area contributed by atoms with Gasteiger partial charge in [-0.1, -0.05) is 11.3 Å². The van der Waals surface area contributed by atoms with Crippen LogP contribution in [-0.2, 0) is 0 Å². The highest BCUT2D eigenvalue weighted by Crippen LogP contribution is 2.35. The molecule has 158 valence electrons. The number of nitrogens with one attached hydrogen (secondary N) is 1. The van der Waals surface area contributed by atoms with Crippen molar-refractivity contribution in [1.82, 2.24) is 24.9 Å². The molecule has 1 aliphatic heterocycles. The Morgan fingerprint density at radius 1 is 1.27 bits per heavy atom. The molecule has 0 spiro atoms. The molecule has 3 aromatic heterocycles. The Morgan fingerprint density at radius 2 is 2.10 bits per heavy atom. The molecule has 9 heteroatoms. The van der Waals surface area contributed by atoms with E-state index in [9.17, 15) is 4.39 Å². The lowest BCUT2D eigenvalue weighted by Crippen LogP contribution is -2.45. The molecule has 30 heavy (non-hydrogen) atoms.